The van der Waals surface area contributed by atoms with E-state index >= 15 is 0 Å². The highest BCUT2D eigenvalue weighted by Crippen LogP contribution is 2.35. The van der Waals surface area contributed by atoms with Crippen LogP contribution in [0.3, 0.4) is 0 Å². The summed E-state index contributed by atoms with van der Waals surface area (Å²) in [5, 5.41) is 4.04. The van der Waals surface area contributed by atoms with Crippen molar-refractivity contribution in [3.8, 4) is 5.69 Å². The molecule has 0 bridgehead atoms. The maximum absolute atomic E-state index is 13.3. The lowest BCUT2D eigenvalue weighted by Crippen LogP contribution is -2.23. The van der Waals surface area contributed by atoms with Gasteiger partial charge < -0.3 is 10.2 Å². The van der Waals surface area contributed by atoms with Gasteiger partial charge in [0.15, 0.2) is 5.65 Å². The van der Waals surface area contributed by atoms with Gasteiger partial charge in [0, 0.05) is 30.2 Å². The Morgan fingerprint density at radius 1 is 0.909 bits per heavy atom. The first-order valence-electron chi connectivity index (χ1n) is 11.5. The lowest BCUT2D eigenvalue weighted by molar-refractivity contribution is 0.101. The van der Waals surface area contributed by atoms with Gasteiger partial charge in [-0.2, -0.15) is 0 Å². The first-order valence-corrected chi connectivity index (χ1v) is 11.5. The van der Waals surface area contributed by atoms with E-state index in [1.165, 1.54) is 0 Å². The molecule has 5 rings (SSSR count). The van der Waals surface area contributed by atoms with Gasteiger partial charge in [-0.15, -0.1) is 0 Å². The standard InChI is InChI=1S/C27H29N5O/c1-17-14-18(2)16-21(15-17)28-27(33)24-29-25(31-12-8-9-13-31)23-19(3)20(4)32(26(23)30-24)22-10-6-5-7-11-22/h5-7,10-11,14-16H,8-9,12-13H2,1-4H3,(H,28,33). The zero-order valence-electron chi connectivity index (χ0n) is 19.6. The minimum Gasteiger partial charge on any atom is -0.356 e. The van der Waals surface area contributed by atoms with E-state index in [2.05, 4.69) is 46.8 Å². The fraction of sp³-hybridized carbons (Fsp3) is 0.296. The lowest BCUT2D eigenvalue weighted by Gasteiger charge is -2.19. The molecule has 3 heterocycles. The smallest absolute Gasteiger partial charge is 0.293 e. The summed E-state index contributed by atoms with van der Waals surface area (Å²) < 4.78 is 2.14. The van der Waals surface area contributed by atoms with Crippen molar-refractivity contribution in [3.63, 3.8) is 0 Å². The average molecular weight is 440 g/mol. The molecule has 1 N–H and O–H groups in total. The summed E-state index contributed by atoms with van der Waals surface area (Å²) in [6, 6.07) is 16.2. The number of carbonyl (C=O) groups is 1. The van der Waals surface area contributed by atoms with Gasteiger partial charge in [-0.25, -0.2) is 9.97 Å². The second-order valence-corrected chi connectivity index (χ2v) is 8.98. The molecule has 33 heavy (non-hydrogen) atoms. The second-order valence-electron chi connectivity index (χ2n) is 8.98. The van der Waals surface area contributed by atoms with E-state index in [1.54, 1.807) is 0 Å². The maximum atomic E-state index is 13.3. The highest BCUT2D eigenvalue weighted by Gasteiger charge is 2.26. The molecule has 1 aliphatic rings. The summed E-state index contributed by atoms with van der Waals surface area (Å²) in [5.74, 6) is 0.759. The molecule has 0 radical (unpaired) electrons. The Morgan fingerprint density at radius 2 is 1.58 bits per heavy atom. The van der Waals surface area contributed by atoms with Crippen LogP contribution in [0.15, 0.2) is 48.5 Å². The number of hydrogen-bond acceptors (Lipinski definition) is 4. The van der Waals surface area contributed by atoms with E-state index in [-0.39, 0.29) is 11.7 Å². The Bertz CT molecular complexity index is 1330. The van der Waals surface area contributed by atoms with Crippen LogP contribution in [0, 0.1) is 27.7 Å². The Hall–Kier alpha value is -3.67. The number of benzene rings is 2. The fourth-order valence-electron chi connectivity index (χ4n) is 4.83. The van der Waals surface area contributed by atoms with Gasteiger partial charge in [0.1, 0.15) is 5.82 Å². The molecule has 1 aliphatic heterocycles. The topological polar surface area (TPSA) is 63.1 Å². The van der Waals surface area contributed by atoms with Crippen molar-refractivity contribution >= 4 is 28.4 Å². The predicted octanol–water partition coefficient (Wildman–Crippen LogP) is 5.51. The molecule has 2 aromatic carbocycles. The van der Waals surface area contributed by atoms with Crippen molar-refractivity contribution in [3.05, 3.63) is 76.7 Å². The molecular formula is C27H29N5O. The Balaban J connectivity index is 1.68. The van der Waals surface area contributed by atoms with E-state index in [4.69, 9.17) is 9.97 Å². The van der Waals surface area contributed by atoms with E-state index in [9.17, 15) is 4.79 Å². The van der Waals surface area contributed by atoms with E-state index in [0.29, 0.717) is 0 Å². The van der Waals surface area contributed by atoms with Gasteiger partial charge in [0.2, 0.25) is 5.82 Å². The van der Waals surface area contributed by atoms with Gasteiger partial charge >= 0.3 is 0 Å². The Kier molecular flexibility index (Phi) is 5.36. The Morgan fingerprint density at radius 3 is 2.24 bits per heavy atom. The number of amides is 1. The van der Waals surface area contributed by atoms with Crippen LogP contribution in [0.1, 0.15) is 45.8 Å². The van der Waals surface area contributed by atoms with Crippen LogP contribution in [0.25, 0.3) is 16.7 Å². The SMILES string of the molecule is Cc1cc(C)cc(NC(=O)c2nc(N3CCCC3)c3c(C)c(C)n(-c4ccccc4)c3n2)c1. The molecule has 168 valence electrons. The number of carbonyl (C=O) groups excluding carboxylic acids is 1. The number of para-hydroxylation sites is 1. The predicted molar refractivity (Wildman–Crippen MR) is 134 cm³/mol. The van der Waals surface area contributed by atoms with E-state index < -0.39 is 0 Å². The molecule has 0 spiro atoms. The maximum Gasteiger partial charge on any atom is 0.293 e. The zero-order chi connectivity index (χ0) is 23.1. The molecule has 1 amide bonds. The summed E-state index contributed by atoms with van der Waals surface area (Å²) in [7, 11) is 0. The lowest BCUT2D eigenvalue weighted by atomic mass is 10.1. The molecule has 2 aromatic heterocycles. The molecule has 6 nitrogen and oxygen atoms in total. The van der Waals surface area contributed by atoms with Crippen LogP contribution < -0.4 is 10.2 Å². The molecule has 1 fully saturated rings. The van der Waals surface area contributed by atoms with Crippen LogP contribution >= 0.6 is 0 Å². The number of nitrogens with zero attached hydrogens (tertiary/aromatic N) is 4. The number of anilines is 2. The third kappa shape index (κ3) is 3.86. The molecule has 0 saturated carbocycles. The second kappa shape index (κ2) is 8.35. The van der Waals surface area contributed by atoms with Crippen molar-refractivity contribution in [1.82, 2.24) is 14.5 Å². The zero-order valence-corrected chi connectivity index (χ0v) is 19.6. The first-order chi connectivity index (χ1) is 15.9. The van der Waals surface area contributed by atoms with E-state index in [0.717, 1.165) is 76.5 Å². The van der Waals surface area contributed by atoms with Gasteiger partial charge in [-0.1, -0.05) is 24.3 Å². The summed E-state index contributed by atoms with van der Waals surface area (Å²) in [5.41, 5.74) is 7.02. The monoisotopic (exact) mass is 439 g/mol. The minimum atomic E-state index is -0.293. The molecule has 6 heteroatoms. The summed E-state index contributed by atoms with van der Waals surface area (Å²) in [4.78, 5) is 25.3. The number of rotatable bonds is 4. The molecular weight excluding hydrogens is 410 g/mol. The van der Waals surface area contributed by atoms with Gasteiger partial charge in [-0.05, 0) is 81.5 Å². The van der Waals surface area contributed by atoms with Crippen molar-refractivity contribution in [1.29, 1.82) is 0 Å². The molecule has 0 unspecified atom stereocenters. The normalized spacial score (nSPS) is 13.6. The van der Waals surface area contributed by atoms with Crippen molar-refractivity contribution in [2.24, 2.45) is 0 Å². The summed E-state index contributed by atoms with van der Waals surface area (Å²) in [6.45, 7) is 10.2. The highest BCUT2D eigenvalue weighted by molar-refractivity contribution is 6.04. The average Bonchev–Trinajstić information content (AvgIpc) is 3.40. The largest absolute Gasteiger partial charge is 0.356 e. The van der Waals surface area contributed by atoms with Crippen LogP contribution in [0.4, 0.5) is 11.5 Å². The Labute approximate surface area is 194 Å². The van der Waals surface area contributed by atoms with Gasteiger partial charge in [-0.3, -0.25) is 9.36 Å². The highest BCUT2D eigenvalue weighted by atomic mass is 16.2. The number of hydrogen-bond donors (Lipinski definition) is 1. The quantitative estimate of drug-likeness (QED) is 0.456. The van der Waals surface area contributed by atoms with Gasteiger partial charge in [0.05, 0.1) is 5.39 Å². The number of nitrogens with one attached hydrogen (secondary N) is 1. The van der Waals surface area contributed by atoms with E-state index in [1.807, 2.05) is 44.2 Å². The first kappa shape index (κ1) is 21.2. The number of fused-ring (bicyclic) bond motifs is 1. The van der Waals surface area contributed by atoms with Crippen molar-refractivity contribution in [2.75, 3.05) is 23.3 Å². The molecule has 0 aliphatic carbocycles. The summed E-state index contributed by atoms with van der Waals surface area (Å²) in [6.07, 6.45) is 2.26. The molecule has 4 aromatic rings. The molecule has 0 atom stereocenters. The third-order valence-corrected chi connectivity index (χ3v) is 6.44. The molecule has 1 saturated heterocycles. The van der Waals surface area contributed by atoms with Crippen molar-refractivity contribution in [2.45, 2.75) is 40.5 Å². The summed E-state index contributed by atoms with van der Waals surface area (Å²) >= 11 is 0. The van der Waals surface area contributed by atoms with Crippen LogP contribution in [-0.2, 0) is 0 Å². The minimum absolute atomic E-state index is 0.193. The third-order valence-electron chi connectivity index (χ3n) is 6.44. The number of aryl methyl sites for hydroxylation is 3. The van der Waals surface area contributed by atoms with Crippen LogP contribution in [0.2, 0.25) is 0 Å². The van der Waals surface area contributed by atoms with Crippen molar-refractivity contribution < 1.29 is 4.79 Å². The fourth-order valence-corrected chi connectivity index (χ4v) is 4.83. The van der Waals surface area contributed by atoms with Gasteiger partial charge in [0.25, 0.3) is 5.91 Å². The number of aromatic nitrogens is 3. The van der Waals surface area contributed by atoms with Crippen LogP contribution in [0.5, 0.6) is 0 Å². The van der Waals surface area contributed by atoms with Crippen LogP contribution in [-0.4, -0.2) is 33.5 Å².